The van der Waals surface area contributed by atoms with Gasteiger partial charge in [0.2, 0.25) is 0 Å². The van der Waals surface area contributed by atoms with Crippen molar-refractivity contribution in [2.75, 3.05) is 12.9 Å². The highest BCUT2D eigenvalue weighted by atomic mass is 32.2. The summed E-state index contributed by atoms with van der Waals surface area (Å²) in [5.74, 6) is 6.68. The van der Waals surface area contributed by atoms with Crippen LogP contribution in [0, 0.1) is 6.92 Å². The first-order chi connectivity index (χ1) is 9.97. The number of rotatable bonds is 5. The van der Waals surface area contributed by atoms with Crippen LogP contribution in [-0.4, -0.2) is 32.6 Å². The van der Waals surface area contributed by atoms with Gasteiger partial charge in [0.1, 0.15) is 5.75 Å². The molecule has 2 unspecified atom stereocenters. The van der Waals surface area contributed by atoms with Crippen LogP contribution in [0.15, 0.2) is 18.2 Å². The van der Waals surface area contributed by atoms with Crippen LogP contribution < -0.4 is 16.0 Å². The molecular formula is C15H24N2O3S. The number of hydrogen-bond donors (Lipinski definition) is 2. The van der Waals surface area contributed by atoms with E-state index < -0.39 is 15.1 Å². The average molecular weight is 312 g/mol. The van der Waals surface area contributed by atoms with Gasteiger partial charge in [-0.25, -0.2) is 8.42 Å². The molecule has 0 spiro atoms. The van der Waals surface area contributed by atoms with Crippen molar-refractivity contribution in [3.05, 3.63) is 29.3 Å². The molecule has 1 aromatic rings. The minimum Gasteiger partial charge on any atom is -0.496 e. The van der Waals surface area contributed by atoms with Crippen molar-refractivity contribution >= 4 is 9.84 Å². The zero-order chi connectivity index (χ0) is 15.5. The number of hydrazine groups is 1. The summed E-state index contributed by atoms with van der Waals surface area (Å²) < 4.78 is 29.9. The van der Waals surface area contributed by atoms with E-state index in [4.69, 9.17) is 10.6 Å². The SMILES string of the molecule is COc1ccc(C)cc1CC(NN)C1CCCCS1(=O)=O. The summed E-state index contributed by atoms with van der Waals surface area (Å²) in [6, 6.07) is 5.63. The second kappa shape index (κ2) is 6.77. The summed E-state index contributed by atoms with van der Waals surface area (Å²) in [7, 11) is -1.45. The summed E-state index contributed by atoms with van der Waals surface area (Å²) >= 11 is 0. The largest absolute Gasteiger partial charge is 0.496 e. The monoisotopic (exact) mass is 312 g/mol. The van der Waals surface area contributed by atoms with E-state index in [9.17, 15) is 8.42 Å². The Morgan fingerprint density at radius 2 is 2.19 bits per heavy atom. The molecule has 1 aliphatic heterocycles. The summed E-state index contributed by atoms with van der Waals surface area (Å²) in [4.78, 5) is 0. The Hall–Kier alpha value is -1.11. The van der Waals surface area contributed by atoms with Gasteiger partial charge in [-0.3, -0.25) is 11.3 Å². The van der Waals surface area contributed by atoms with E-state index in [0.717, 1.165) is 29.7 Å². The Morgan fingerprint density at radius 1 is 1.43 bits per heavy atom. The van der Waals surface area contributed by atoms with Gasteiger partial charge in [-0.2, -0.15) is 0 Å². The lowest BCUT2D eigenvalue weighted by atomic mass is 9.98. The van der Waals surface area contributed by atoms with Gasteiger partial charge < -0.3 is 4.74 Å². The number of methoxy groups -OCH3 is 1. The third kappa shape index (κ3) is 3.75. The van der Waals surface area contributed by atoms with Crippen molar-refractivity contribution in [1.29, 1.82) is 0 Å². The van der Waals surface area contributed by atoms with Gasteiger partial charge in [0.25, 0.3) is 0 Å². The lowest BCUT2D eigenvalue weighted by molar-refractivity contribution is 0.398. The van der Waals surface area contributed by atoms with Crippen molar-refractivity contribution in [2.45, 2.75) is 43.9 Å². The van der Waals surface area contributed by atoms with Gasteiger partial charge in [0.05, 0.1) is 18.1 Å². The molecule has 0 amide bonds. The molecule has 0 aliphatic carbocycles. The van der Waals surface area contributed by atoms with E-state index in [2.05, 4.69) is 5.43 Å². The van der Waals surface area contributed by atoms with Gasteiger partial charge >= 0.3 is 0 Å². The second-order valence-corrected chi connectivity index (χ2v) is 8.03. The lowest BCUT2D eigenvalue weighted by Crippen LogP contribution is -2.50. The number of aryl methyl sites for hydroxylation is 1. The van der Waals surface area contributed by atoms with Gasteiger partial charge in [0.15, 0.2) is 9.84 Å². The van der Waals surface area contributed by atoms with Crippen molar-refractivity contribution < 1.29 is 13.2 Å². The van der Waals surface area contributed by atoms with Crippen LogP contribution in [0.5, 0.6) is 5.75 Å². The van der Waals surface area contributed by atoms with Gasteiger partial charge in [-0.05, 0) is 37.8 Å². The van der Waals surface area contributed by atoms with Crippen LogP contribution in [0.4, 0.5) is 0 Å². The fourth-order valence-corrected chi connectivity index (χ4v) is 5.14. The molecule has 118 valence electrons. The molecule has 1 fully saturated rings. The zero-order valence-electron chi connectivity index (χ0n) is 12.6. The molecule has 0 saturated carbocycles. The Bertz CT molecular complexity index is 587. The molecule has 0 aromatic heterocycles. The number of sulfone groups is 1. The molecule has 1 aromatic carbocycles. The Morgan fingerprint density at radius 3 is 2.81 bits per heavy atom. The molecule has 3 N–H and O–H groups in total. The topological polar surface area (TPSA) is 81.4 Å². The van der Waals surface area contributed by atoms with Crippen LogP contribution in [0.3, 0.4) is 0 Å². The first-order valence-electron chi connectivity index (χ1n) is 7.29. The highest BCUT2D eigenvalue weighted by molar-refractivity contribution is 7.92. The normalized spacial score (nSPS) is 22.7. The molecule has 0 bridgehead atoms. The number of hydrogen-bond acceptors (Lipinski definition) is 5. The van der Waals surface area contributed by atoms with E-state index >= 15 is 0 Å². The van der Waals surface area contributed by atoms with Crippen molar-refractivity contribution in [1.82, 2.24) is 5.43 Å². The van der Waals surface area contributed by atoms with Gasteiger partial charge in [-0.15, -0.1) is 0 Å². The van der Waals surface area contributed by atoms with Gasteiger partial charge in [-0.1, -0.05) is 24.1 Å². The average Bonchev–Trinajstić information content (AvgIpc) is 2.45. The maximum absolute atomic E-state index is 12.3. The van der Waals surface area contributed by atoms with Crippen LogP contribution in [-0.2, 0) is 16.3 Å². The predicted molar refractivity (Wildman–Crippen MR) is 84.0 cm³/mol. The molecule has 1 aliphatic rings. The van der Waals surface area contributed by atoms with Crippen molar-refractivity contribution in [2.24, 2.45) is 5.84 Å². The number of ether oxygens (including phenoxy) is 1. The fourth-order valence-electron chi connectivity index (χ4n) is 3.03. The quantitative estimate of drug-likeness (QED) is 0.633. The Labute approximate surface area is 126 Å². The standard InChI is InChI=1S/C15H24N2O3S/c1-11-6-7-14(20-2)12(9-11)10-13(17-16)15-5-3-4-8-21(15,18)19/h6-7,9,13,15,17H,3-5,8,10,16H2,1-2H3. The first-order valence-corrected chi connectivity index (χ1v) is 9.00. The van der Waals surface area contributed by atoms with E-state index in [1.165, 1.54) is 0 Å². The van der Waals surface area contributed by atoms with Crippen LogP contribution in [0.25, 0.3) is 0 Å². The number of nitrogens with two attached hydrogens (primary N) is 1. The molecule has 2 atom stereocenters. The van der Waals surface area contributed by atoms with Crippen LogP contribution in [0.1, 0.15) is 30.4 Å². The third-order valence-electron chi connectivity index (χ3n) is 4.17. The van der Waals surface area contributed by atoms with Crippen molar-refractivity contribution in [3.63, 3.8) is 0 Å². The van der Waals surface area contributed by atoms with E-state index in [1.807, 2.05) is 25.1 Å². The molecule has 21 heavy (non-hydrogen) atoms. The Kier molecular flexibility index (Phi) is 5.24. The molecule has 1 saturated heterocycles. The number of benzene rings is 1. The maximum Gasteiger partial charge on any atom is 0.154 e. The predicted octanol–water partition coefficient (Wildman–Crippen LogP) is 1.35. The lowest BCUT2D eigenvalue weighted by Gasteiger charge is -2.30. The van der Waals surface area contributed by atoms with Crippen molar-refractivity contribution in [3.8, 4) is 5.75 Å². The van der Waals surface area contributed by atoms with E-state index in [-0.39, 0.29) is 11.8 Å². The van der Waals surface area contributed by atoms with Gasteiger partial charge in [0, 0.05) is 6.04 Å². The molecule has 5 nitrogen and oxygen atoms in total. The highest BCUT2D eigenvalue weighted by Crippen LogP contribution is 2.27. The van der Waals surface area contributed by atoms with Crippen LogP contribution >= 0.6 is 0 Å². The minimum absolute atomic E-state index is 0.265. The molecule has 2 rings (SSSR count). The maximum atomic E-state index is 12.3. The minimum atomic E-state index is -3.07. The Balaban J connectivity index is 2.25. The molecular weight excluding hydrogens is 288 g/mol. The zero-order valence-corrected chi connectivity index (χ0v) is 13.4. The summed E-state index contributed by atoms with van der Waals surface area (Å²) in [5.41, 5.74) is 4.82. The van der Waals surface area contributed by atoms with Crippen LogP contribution in [0.2, 0.25) is 0 Å². The summed E-state index contributed by atoms with van der Waals surface area (Å²) in [6.07, 6.45) is 2.91. The summed E-state index contributed by atoms with van der Waals surface area (Å²) in [6.45, 7) is 2.01. The molecule has 1 heterocycles. The van der Waals surface area contributed by atoms with E-state index in [0.29, 0.717) is 12.8 Å². The smallest absolute Gasteiger partial charge is 0.154 e. The van der Waals surface area contributed by atoms with E-state index in [1.54, 1.807) is 7.11 Å². The number of nitrogens with one attached hydrogen (secondary N) is 1. The first kappa shape index (κ1) is 16.3. The molecule has 0 radical (unpaired) electrons. The third-order valence-corrected chi connectivity index (χ3v) is 6.51. The summed E-state index contributed by atoms with van der Waals surface area (Å²) in [5, 5.41) is -0.415. The highest BCUT2D eigenvalue weighted by Gasteiger charge is 2.35. The molecule has 6 heteroatoms. The fraction of sp³-hybridized carbons (Fsp3) is 0.600. The second-order valence-electron chi connectivity index (χ2n) is 5.69.